The first-order chi connectivity index (χ1) is 8.42. The second kappa shape index (κ2) is 4.30. The molecular weight excluding hydrogens is 206 g/mol. The molecule has 2 heterocycles. The van der Waals surface area contributed by atoms with Crippen LogP contribution in [-0.2, 0) is 0 Å². The van der Waals surface area contributed by atoms with Crippen molar-refractivity contribution in [2.24, 2.45) is 0 Å². The zero-order valence-electron chi connectivity index (χ0n) is 9.43. The summed E-state index contributed by atoms with van der Waals surface area (Å²) in [5, 5.41) is 2.62. The maximum Gasteiger partial charge on any atom is 0.0385 e. The summed E-state index contributed by atoms with van der Waals surface area (Å²) in [7, 11) is 0. The van der Waals surface area contributed by atoms with E-state index in [-0.39, 0.29) is 0 Å². The Labute approximate surface area is 100 Å². The number of rotatable bonds is 0. The van der Waals surface area contributed by atoms with E-state index in [4.69, 9.17) is 0 Å². The lowest BCUT2D eigenvalue weighted by molar-refractivity contribution is 1.60. The van der Waals surface area contributed by atoms with Crippen LogP contribution in [0.2, 0.25) is 0 Å². The van der Waals surface area contributed by atoms with Crippen LogP contribution in [0.1, 0.15) is 0 Å². The first kappa shape index (κ1) is 9.91. The van der Waals surface area contributed by atoms with E-state index < -0.39 is 0 Å². The molecular formula is C16H13N. The van der Waals surface area contributed by atoms with Gasteiger partial charge in [-0.1, -0.05) is 48.5 Å². The molecule has 0 aliphatic heterocycles. The van der Waals surface area contributed by atoms with Gasteiger partial charge in [0.15, 0.2) is 0 Å². The van der Waals surface area contributed by atoms with E-state index in [0.717, 1.165) is 0 Å². The zero-order chi connectivity index (χ0) is 11.5. The average Bonchev–Trinajstić information content (AvgIpc) is 3.04. The molecule has 2 aromatic carbocycles. The van der Waals surface area contributed by atoms with Crippen LogP contribution in [0.15, 0.2) is 72.8 Å². The number of H-pyrrole nitrogens is 1. The molecule has 0 saturated heterocycles. The van der Waals surface area contributed by atoms with Gasteiger partial charge in [0.25, 0.3) is 0 Å². The number of fused-ring (bicyclic) bond motifs is 3. The summed E-state index contributed by atoms with van der Waals surface area (Å²) in [5.74, 6) is 0. The van der Waals surface area contributed by atoms with Crippen molar-refractivity contribution in [3.05, 3.63) is 72.8 Å². The normalized spacial score (nSPS) is 10.4. The highest BCUT2D eigenvalue weighted by molar-refractivity contribution is 5.82. The molecule has 17 heavy (non-hydrogen) atoms. The fourth-order valence-electron chi connectivity index (χ4n) is 1.94. The van der Waals surface area contributed by atoms with Gasteiger partial charge in [0.2, 0.25) is 0 Å². The summed E-state index contributed by atoms with van der Waals surface area (Å²) in [6.07, 6.45) is 0. The van der Waals surface area contributed by atoms with Gasteiger partial charge in [-0.05, 0) is 35.0 Å². The minimum atomic E-state index is 1.22. The fourth-order valence-corrected chi connectivity index (χ4v) is 1.94. The zero-order valence-corrected chi connectivity index (χ0v) is 9.43. The van der Waals surface area contributed by atoms with Crippen LogP contribution in [0.25, 0.3) is 21.8 Å². The van der Waals surface area contributed by atoms with Crippen LogP contribution in [0.5, 0.6) is 0 Å². The minimum absolute atomic E-state index is 1.22. The van der Waals surface area contributed by atoms with Crippen molar-refractivity contribution in [3.8, 4) is 0 Å². The Morgan fingerprint density at radius 2 is 0.824 bits per heavy atom. The molecule has 0 fully saturated rings. The Kier molecular flexibility index (Phi) is 2.51. The van der Waals surface area contributed by atoms with Crippen LogP contribution in [-0.4, -0.2) is 4.98 Å². The molecule has 0 unspecified atom stereocenters. The SMILES string of the molecule is c1cc2ccc1[nH]2.c1ccc2ccccc2c1. The topological polar surface area (TPSA) is 15.8 Å². The fraction of sp³-hybridized carbons (Fsp3) is 0. The monoisotopic (exact) mass is 219 g/mol. The van der Waals surface area contributed by atoms with Crippen LogP contribution in [0.3, 0.4) is 0 Å². The molecule has 0 aliphatic rings. The van der Waals surface area contributed by atoms with Crippen LogP contribution in [0, 0.1) is 0 Å². The van der Waals surface area contributed by atoms with Gasteiger partial charge in [0, 0.05) is 11.0 Å². The van der Waals surface area contributed by atoms with Crippen molar-refractivity contribution in [3.63, 3.8) is 0 Å². The smallest absolute Gasteiger partial charge is 0.0385 e. The predicted molar refractivity (Wildman–Crippen MR) is 73.4 cm³/mol. The van der Waals surface area contributed by atoms with Crippen LogP contribution < -0.4 is 0 Å². The van der Waals surface area contributed by atoms with Gasteiger partial charge in [-0.3, -0.25) is 0 Å². The van der Waals surface area contributed by atoms with Gasteiger partial charge in [-0.25, -0.2) is 0 Å². The van der Waals surface area contributed by atoms with E-state index >= 15 is 0 Å². The molecule has 4 rings (SSSR count). The standard InChI is InChI=1S/C10H8.C6H5N/c1-2-6-10-8-4-3-7-9(10)5-1;1-2-6-4-3-5(1)7-6/h1-8H;1-4,7H. The van der Waals surface area contributed by atoms with E-state index in [2.05, 4.69) is 77.8 Å². The quantitative estimate of drug-likeness (QED) is 0.450. The third kappa shape index (κ3) is 2.13. The van der Waals surface area contributed by atoms with Gasteiger partial charge in [-0.2, -0.15) is 0 Å². The van der Waals surface area contributed by atoms with E-state index in [1.165, 1.54) is 21.8 Å². The second-order valence-corrected chi connectivity index (χ2v) is 4.05. The van der Waals surface area contributed by atoms with E-state index in [0.29, 0.717) is 0 Å². The summed E-state index contributed by atoms with van der Waals surface area (Å²) in [5.41, 5.74) is 2.44. The van der Waals surface area contributed by atoms with Crippen molar-refractivity contribution in [2.75, 3.05) is 0 Å². The molecule has 0 amide bonds. The van der Waals surface area contributed by atoms with Crippen molar-refractivity contribution < 1.29 is 0 Å². The van der Waals surface area contributed by atoms with E-state index in [1.807, 2.05) is 0 Å². The van der Waals surface area contributed by atoms with Crippen molar-refractivity contribution in [1.29, 1.82) is 0 Å². The maximum absolute atomic E-state index is 3.14. The molecule has 82 valence electrons. The van der Waals surface area contributed by atoms with Gasteiger partial charge >= 0.3 is 0 Å². The van der Waals surface area contributed by atoms with Crippen molar-refractivity contribution >= 4 is 21.8 Å². The Balaban J connectivity index is 0.000000113. The molecule has 0 spiro atoms. The van der Waals surface area contributed by atoms with Gasteiger partial charge in [0.05, 0.1) is 0 Å². The largest absolute Gasteiger partial charge is 0.356 e. The number of aromatic nitrogens is 1. The van der Waals surface area contributed by atoms with E-state index in [9.17, 15) is 0 Å². The maximum atomic E-state index is 3.14. The number of aromatic amines is 1. The molecule has 0 radical (unpaired) electrons. The first-order valence-electron chi connectivity index (χ1n) is 5.73. The highest BCUT2D eigenvalue weighted by Crippen LogP contribution is 2.11. The molecule has 2 bridgehead atoms. The van der Waals surface area contributed by atoms with E-state index in [1.54, 1.807) is 0 Å². The molecule has 0 atom stereocenters. The molecule has 1 N–H and O–H groups in total. The van der Waals surface area contributed by atoms with Crippen molar-refractivity contribution in [1.82, 2.24) is 4.98 Å². The van der Waals surface area contributed by atoms with Gasteiger partial charge in [0.1, 0.15) is 0 Å². The third-order valence-electron chi connectivity index (χ3n) is 2.83. The highest BCUT2D eigenvalue weighted by Gasteiger charge is 1.87. The molecule has 4 aromatic rings. The Hall–Kier alpha value is -2.28. The molecule has 1 nitrogen and oxygen atoms in total. The predicted octanol–water partition coefficient (Wildman–Crippen LogP) is 4.45. The molecule has 0 saturated carbocycles. The minimum Gasteiger partial charge on any atom is -0.356 e. The number of hydrogen-bond donors (Lipinski definition) is 1. The number of hydrogen-bond acceptors (Lipinski definition) is 0. The Morgan fingerprint density at radius 3 is 1.06 bits per heavy atom. The summed E-state index contributed by atoms with van der Waals surface area (Å²) in [6.45, 7) is 0. The summed E-state index contributed by atoms with van der Waals surface area (Å²) in [4.78, 5) is 3.14. The lowest BCUT2D eigenvalue weighted by Gasteiger charge is -1.92. The summed E-state index contributed by atoms with van der Waals surface area (Å²) in [6, 6.07) is 25.0. The van der Waals surface area contributed by atoms with Crippen LogP contribution in [0.4, 0.5) is 0 Å². The lowest BCUT2D eigenvalue weighted by atomic mass is 10.1. The third-order valence-corrected chi connectivity index (χ3v) is 2.83. The lowest BCUT2D eigenvalue weighted by Crippen LogP contribution is -1.67. The highest BCUT2D eigenvalue weighted by atomic mass is 14.7. The second-order valence-electron chi connectivity index (χ2n) is 4.05. The summed E-state index contributed by atoms with van der Waals surface area (Å²) < 4.78 is 0. The van der Waals surface area contributed by atoms with Crippen molar-refractivity contribution in [2.45, 2.75) is 0 Å². The first-order valence-corrected chi connectivity index (χ1v) is 5.73. The number of nitrogens with one attached hydrogen (secondary N) is 1. The Morgan fingerprint density at radius 1 is 0.471 bits per heavy atom. The molecule has 0 aliphatic carbocycles. The number of benzene rings is 3. The average molecular weight is 219 g/mol. The van der Waals surface area contributed by atoms with Crippen LogP contribution >= 0.6 is 0 Å². The Bertz CT molecular complexity index is 598. The molecule has 1 heteroatoms. The van der Waals surface area contributed by atoms with Gasteiger partial charge in [-0.15, -0.1) is 0 Å². The molecule has 2 aromatic heterocycles. The van der Waals surface area contributed by atoms with Gasteiger partial charge < -0.3 is 4.98 Å². The summed E-state index contributed by atoms with van der Waals surface area (Å²) >= 11 is 0.